The maximum Gasteiger partial charge on any atom is 0.269 e. The summed E-state index contributed by atoms with van der Waals surface area (Å²) in [6.45, 7) is 9.10. The summed E-state index contributed by atoms with van der Waals surface area (Å²) >= 11 is 1.38. The molecule has 4 rings (SSSR count). The minimum atomic E-state index is -0.676. The molecule has 4 N–H and O–H groups in total. The Morgan fingerprint density at radius 3 is 2.53 bits per heavy atom. The third-order valence-electron chi connectivity index (χ3n) is 5.26. The van der Waals surface area contributed by atoms with Crippen LogP contribution in [0.3, 0.4) is 0 Å². The summed E-state index contributed by atoms with van der Waals surface area (Å²) in [7, 11) is 0. The molecule has 9 nitrogen and oxygen atoms in total. The summed E-state index contributed by atoms with van der Waals surface area (Å²) in [6, 6.07) is 0. The number of primary amides is 2. The Morgan fingerprint density at radius 2 is 1.93 bits per heavy atom. The first-order valence-electron chi connectivity index (χ1n) is 9.75. The molecule has 2 aliphatic heterocycles. The predicted octanol–water partition coefficient (Wildman–Crippen LogP) is 1.81. The van der Waals surface area contributed by atoms with E-state index in [1.807, 2.05) is 27.7 Å². The van der Waals surface area contributed by atoms with Gasteiger partial charge < -0.3 is 25.7 Å². The lowest BCUT2D eigenvalue weighted by Crippen LogP contribution is -2.42. The van der Waals surface area contributed by atoms with E-state index in [1.165, 1.54) is 16.0 Å². The van der Waals surface area contributed by atoms with E-state index in [-0.39, 0.29) is 5.69 Å². The molecule has 0 bridgehead atoms. The van der Waals surface area contributed by atoms with Crippen LogP contribution in [0.15, 0.2) is 6.20 Å². The number of rotatable bonds is 4. The smallest absolute Gasteiger partial charge is 0.269 e. The minimum absolute atomic E-state index is 0.0862. The van der Waals surface area contributed by atoms with Crippen molar-refractivity contribution in [3.05, 3.63) is 33.5 Å². The number of fused-ring (bicyclic) bond motifs is 1. The van der Waals surface area contributed by atoms with E-state index in [0.29, 0.717) is 42.4 Å². The van der Waals surface area contributed by atoms with Crippen LogP contribution in [-0.4, -0.2) is 47.0 Å². The van der Waals surface area contributed by atoms with Crippen molar-refractivity contribution >= 4 is 23.2 Å². The molecule has 10 heteroatoms. The van der Waals surface area contributed by atoms with E-state index in [4.69, 9.17) is 25.7 Å². The maximum absolute atomic E-state index is 12.5. The largest absolute Gasteiger partial charge is 0.376 e. The van der Waals surface area contributed by atoms with Crippen LogP contribution in [0.4, 0.5) is 0 Å². The molecule has 2 aliphatic rings. The van der Waals surface area contributed by atoms with Crippen molar-refractivity contribution in [1.82, 2.24) is 9.78 Å². The molecule has 0 radical (unpaired) electrons. The Balaban J connectivity index is 1.88. The summed E-state index contributed by atoms with van der Waals surface area (Å²) in [6.07, 6.45) is 1.75. The summed E-state index contributed by atoms with van der Waals surface area (Å²) < 4.78 is 18.9. The number of ether oxygens (including phenoxy) is 3. The fourth-order valence-corrected chi connectivity index (χ4v) is 5.60. The normalized spacial score (nSPS) is 22.5. The molecule has 0 aliphatic carbocycles. The van der Waals surface area contributed by atoms with Gasteiger partial charge in [0.05, 0.1) is 36.6 Å². The van der Waals surface area contributed by atoms with Gasteiger partial charge in [-0.2, -0.15) is 5.10 Å². The fourth-order valence-electron chi connectivity index (χ4n) is 4.31. The van der Waals surface area contributed by atoms with Gasteiger partial charge in [-0.15, -0.1) is 11.3 Å². The Kier molecular flexibility index (Phi) is 5.00. The molecule has 30 heavy (non-hydrogen) atoms. The molecular weight excluding hydrogens is 408 g/mol. The quantitative estimate of drug-likeness (QED) is 0.754. The van der Waals surface area contributed by atoms with Crippen molar-refractivity contribution in [2.24, 2.45) is 11.5 Å². The van der Waals surface area contributed by atoms with Crippen LogP contribution >= 0.6 is 11.3 Å². The lowest BCUT2D eigenvalue weighted by molar-refractivity contribution is -0.135. The highest BCUT2D eigenvalue weighted by molar-refractivity contribution is 7.15. The van der Waals surface area contributed by atoms with Crippen molar-refractivity contribution in [3.8, 4) is 5.00 Å². The van der Waals surface area contributed by atoms with Crippen LogP contribution in [0.2, 0.25) is 0 Å². The molecule has 162 valence electrons. The van der Waals surface area contributed by atoms with E-state index in [2.05, 4.69) is 5.10 Å². The van der Waals surface area contributed by atoms with Crippen LogP contribution in [0.25, 0.3) is 5.00 Å². The number of aromatic nitrogens is 2. The summed E-state index contributed by atoms with van der Waals surface area (Å²) in [5.41, 5.74) is 12.2. The molecule has 2 amide bonds. The number of nitrogens with zero attached hydrogens (tertiary/aromatic N) is 2. The molecule has 4 heterocycles. The first-order chi connectivity index (χ1) is 14.0. The molecule has 2 aromatic rings. The molecule has 0 aromatic carbocycles. The van der Waals surface area contributed by atoms with Crippen LogP contribution in [0, 0.1) is 0 Å². The highest BCUT2D eigenvalue weighted by Crippen LogP contribution is 2.47. The van der Waals surface area contributed by atoms with E-state index in [1.54, 1.807) is 6.20 Å². The van der Waals surface area contributed by atoms with Gasteiger partial charge in [0.25, 0.3) is 11.8 Å². The molecule has 2 aromatic heterocycles. The first-order valence-corrected chi connectivity index (χ1v) is 10.6. The average molecular weight is 435 g/mol. The number of amides is 2. The second-order valence-electron chi connectivity index (χ2n) is 8.68. The Bertz CT molecular complexity index is 1020. The van der Waals surface area contributed by atoms with Gasteiger partial charge >= 0.3 is 0 Å². The van der Waals surface area contributed by atoms with Gasteiger partial charge in [0.1, 0.15) is 11.1 Å². The highest BCUT2D eigenvalue weighted by Gasteiger charge is 2.43. The van der Waals surface area contributed by atoms with Gasteiger partial charge in [-0.3, -0.25) is 9.59 Å². The Hall–Kier alpha value is -2.27. The fraction of sp³-hybridized carbons (Fsp3) is 0.550. The minimum Gasteiger partial charge on any atom is -0.376 e. The maximum atomic E-state index is 12.5. The number of nitrogens with two attached hydrogens (primary N) is 2. The molecule has 1 atom stereocenters. The molecule has 0 spiro atoms. The van der Waals surface area contributed by atoms with Gasteiger partial charge in [0, 0.05) is 23.1 Å². The number of thiophene rings is 1. The number of hydrogen-bond acceptors (Lipinski definition) is 7. The van der Waals surface area contributed by atoms with E-state index in [9.17, 15) is 9.59 Å². The SMILES string of the molecule is CC1(C)Cc2c(sc(-n3cc(C4COCCO4)c(C(N)=O)n3)c2C(N)=O)C(C)(C)O1. The van der Waals surface area contributed by atoms with Crippen molar-refractivity contribution < 1.29 is 23.8 Å². The Labute approximate surface area is 178 Å². The van der Waals surface area contributed by atoms with Crippen LogP contribution in [0.5, 0.6) is 0 Å². The van der Waals surface area contributed by atoms with Gasteiger partial charge in [0.2, 0.25) is 0 Å². The lowest BCUT2D eigenvalue weighted by atomic mass is 9.86. The topological polar surface area (TPSA) is 132 Å². The van der Waals surface area contributed by atoms with E-state index in [0.717, 1.165) is 10.4 Å². The van der Waals surface area contributed by atoms with Crippen molar-refractivity contribution in [2.75, 3.05) is 19.8 Å². The number of carbonyl (C=O) groups excluding carboxylic acids is 2. The predicted molar refractivity (Wildman–Crippen MR) is 110 cm³/mol. The summed E-state index contributed by atoms with van der Waals surface area (Å²) in [4.78, 5) is 25.5. The van der Waals surface area contributed by atoms with E-state index >= 15 is 0 Å². The third kappa shape index (κ3) is 3.53. The van der Waals surface area contributed by atoms with Crippen LogP contribution < -0.4 is 11.5 Å². The molecule has 1 saturated heterocycles. The zero-order valence-electron chi connectivity index (χ0n) is 17.5. The molecule has 0 saturated carbocycles. The molecule has 1 fully saturated rings. The summed E-state index contributed by atoms with van der Waals surface area (Å²) in [5.74, 6) is -1.23. The second-order valence-corrected chi connectivity index (χ2v) is 9.68. The standard InChI is InChI=1S/C20H26N4O5S/c1-19(2)7-10-13(16(21)25)18(30-15(10)20(3,4)29-19)24-8-11(14(23-24)17(22)26)12-9-27-5-6-28-12/h8,12H,5-7,9H2,1-4H3,(H2,21,25)(H2,22,26). The van der Waals surface area contributed by atoms with Crippen molar-refractivity contribution in [1.29, 1.82) is 0 Å². The number of hydrogen-bond donors (Lipinski definition) is 2. The first kappa shape index (κ1) is 21.0. The van der Waals surface area contributed by atoms with E-state index < -0.39 is 29.1 Å². The Morgan fingerprint density at radius 1 is 1.20 bits per heavy atom. The molecule has 1 unspecified atom stereocenters. The van der Waals surface area contributed by atoms with Crippen molar-refractivity contribution in [2.45, 2.75) is 51.4 Å². The summed E-state index contributed by atoms with van der Waals surface area (Å²) in [5, 5.41) is 4.93. The number of carbonyl (C=O) groups is 2. The van der Waals surface area contributed by atoms with Crippen LogP contribution in [-0.2, 0) is 26.2 Å². The van der Waals surface area contributed by atoms with Gasteiger partial charge in [-0.1, -0.05) is 0 Å². The second kappa shape index (κ2) is 7.16. The van der Waals surface area contributed by atoms with Gasteiger partial charge in [-0.25, -0.2) is 4.68 Å². The monoisotopic (exact) mass is 434 g/mol. The highest BCUT2D eigenvalue weighted by atomic mass is 32.1. The van der Waals surface area contributed by atoms with Gasteiger partial charge in [0.15, 0.2) is 5.69 Å². The zero-order chi connectivity index (χ0) is 21.8. The van der Waals surface area contributed by atoms with Crippen molar-refractivity contribution in [3.63, 3.8) is 0 Å². The average Bonchev–Trinajstić information content (AvgIpc) is 3.23. The van der Waals surface area contributed by atoms with Gasteiger partial charge in [-0.05, 0) is 33.3 Å². The third-order valence-corrected chi connectivity index (χ3v) is 6.79. The zero-order valence-corrected chi connectivity index (χ0v) is 18.3. The molecular formula is C20H26N4O5S. The lowest BCUT2D eigenvalue weighted by Gasteiger charge is -2.41. The van der Waals surface area contributed by atoms with Crippen LogP contribution in [0.1, 0.15) is 70.6 Å².